The minimum Gasteiger partial charge on any atom is -0.497 e. The molecule has 0 atom stereocenters. The maximum atomic E-state index is 13.3. The number of halogens is 1. The molecule has 4 rings (SSSR count). The minimum absolute atomic E-state index is 0.118. The van der Waals surface area contributed by atoms with E-state index in [1.807, 2.05) is 18.2 Å². The van der Waals surface area contributed by atoms with Crippen molar-refractivity contribution in [1.82, 2.24) is 14.9 Å². The number of urea groups is 1. The van der Waals surface area contributed by atoms with Gasteiger partial charge in [0, 0.05) is 16.2 Å². The zero-order chi connectivity index (χ0) is 24.1. The van der Waals surface area contributed by atoms with Gasteiger partial charge in [0.05, 0.1) is 29.5 Å². The first kappa shape index (κ1) is 23.5. The van der Waals surface area contributed by atoms with Crippen LogP contribution in [0.25, 0.3) is 16.6 Å². The van der Waals surface area contributed by atoms with Gasteiger partial charge in [-0.05, 0) is 42.5 Å². The van der Waals surface area contributed by atoms with E-state index >= 15 is 0 Å². The van der Waals surface area contributed by atoms with Crippen molar-refractivity contribution in [3.8, 4) is 11.4 Å². The fourth-order valence-corrected chi connectivity index (χ4v) is 4.37. The summed E-state index contributed by atoms with van der Waals surface area (Å²) >= 11 is 4.46. The maximum absolute atomic E-state index is 13.3. The molecule has 0 aliphatic rings. The number of benzene rings is 3. The molecule has 0 saturated carbocycles. The quantitative estimate of drug-likeness (QED) is 0.275. The molecule has 1 heterocycles. The number of fused-ring (bicyclic) bond motifs is 1. The average Bonchev–Trinajstić information content (AvgIpc) is 2.84. The van der Waals surface area contributed by atoms with Crippen LogP contribution in [0, 0.1) is 0 Å². The molecule has 0 saturated heterocycles. The van der Waals surface area contributed by atoms with Gasteiger partial charge in [-0.1, -0.05) is 52.0 Å². The molecular formula is C24H19BrN4O4S. The van der Waals surface area contributed by atoms with Crippen molar-refractivity contribution in [2.24, 2.45) is 0 Å². The third kappa shape index (κ3) is 5.46. The summed E-state index contributed by atoms with van der Waals surface area (Å²) in [6.07, 6.45) is 0. The van der Waals surface area contributed by atoms with Gasteiger partial charge in [-0.2, -0.15) is 0 Å². The molecule has 2 N–H and O–H groups in total. The molecule has 0 bridgehead atoms. The van der Waals surface area contributed by atoms with Gasteiger partial charge >= 0.3 is 6.03 Å². The summed E-state index contributed by atoms with van der Waals surface area (Å²) in [6.45, 7) is 0. The Morgan fingerprint density at radius 1 is 1.06 bits per heavy atom. The molecule has 0 radical (unpaired) electrons. The number of nitrogens with zero attached hydrogens (tertiary/aromatic N) is 2. The standard InChI is InChI=1S/C24H19BrN4O4S/c1-33-18-9-5-6-16(13-18)26-23(32)28-21(30)14-34-24-27-20-11-10-15(25)12-19(20)22(31)29(24)17-7-3-2-4-8-17/h2-13H,14H2,1H3,(H2,26,28,30,32). The first-order valence-electron chi connectivity index (χ1n) is 10.1. The predicted octanol–water partition coefficient (Wildman–Crippen LogP) is 4.60. The van der Waals surface area contributed by atoms with Gasteiger partial charge in [0.25, 0.3) is 5.56 Å². The van der Waals surface area contributed by atoms with Gasteiger partial charge in [0.2, 0.25) is 5.91 Å². The van der Waals surface area contributed by atoms with Crippen molar-refractivity contribution in [3.05, 3.63) is 87.6 Å². The fourth-order valence-electron chi connectivity index (χ4n) is 3.19. The Morgan fingerprint density at radius 3 is 2.62 bits per heavy atom. The van der Waals surface area contributed by atoms with Crippen LogP contribution in [-0.4, -0.2) is 34.4 Å². The first-order chi connectivity index (χ1) is 16.4. The summed E-state index contributed by atoms with van der Waals surface area (Å²) in [5.74, 6) is -0.0736. The highest BCUT2D eigenvalue weighted by Gasteiger charge is 2.16. The SMILES string of the molecule is COc1cccc(NC(=O)NC(=O)CSc2nc3ccc(Br)cc3c(=O)n2-c2ccccc2)c1. The molecule has 0 unspecified atom stereocenters. The lowest BCUT2D eigenvalue weighted by molar-refractivity contribution is -0.117. The van der Waals surface area contributed by atoms with E-state index < -0.39 is 11.9 Å². The summed E-state index contributed by atoms with van der Waals surface area (Å²) < 4.78 is 7.35. The number of nitrogens with one attached hydrogen (secondary N) is 2. The summed E-state index contributed by atoms with van der Waals surface area (Å²) in [7, 11) is 1.52. The van der Waals surface area contributed by atoms with Gasteiger partial charge in [0.1, 0.15) is 5.75 Å². The zero-order valence-corrected chi connectivity index (χ0v) is 20.4. The lowest BCUT2D eigenvalue weighted by Crippen LogP contribution is -2.35. The van der Waals surface area contributed by atoms with Gasteiger partial charge in [0.15, 0.2) is 5.16 Å². The molecule has 4 aromatic rings. The molecule has 8 nitrogen and oxygen atoms in total. The highest BCUT2D eigenvalue weighted by molar-refractivity contribution is 9.10. The minimum atomic E-state index is -0.671. The van der Waals surface area contributed by atoms with E-state index in [-0.39, 0.29) is 11.3 Å². The Kier molecular flexibility index (Phi) is 7.29. The van der Waals surface area contributed by atoms with Gasteiger partial charge in [-0.15, -0.1) is 0 Å². The Labute approximate surface area is 207 Å². The molecule has 0 aliphatic carbocycles. The van der Waals surface area contributed by atoms with Crippen molar-refractivity contribution in [1.29, 1.82) is 0 Å². The Morgan fingerprint density at radius 2 is 1.85 bits per heavy atom. The number of thioether (sulfide) groups is 1. The van der Waals surface area contributed by atoms with Gasteiger partial charge in [-0.25, -0.2) is 9.78 Å². The van der Waals surface area contributed by atoms with Crippen LogP contribution in [-0.2, 0) is 4.79 Å². The number of amides is 3. The largest absolute Gasteiger partial charge is 0.497 e. The Bertz CT molecular complexity index is 1430. The maximum Gasteiger partial charge on any atom is 0.325 e. The van der Waals surface area contributed by atoms with Crippen molar-refractivity contribution < 1.29 is 14.3 Å². The van der Waals surface area contributed by atoms with Crippen LogP contribution in [0.5, 0.6) is 5.75 Å². The number of para-hydroxylation sites is 1. The Balaban J connectivity index is 1.53. The van der Waals surface area contributed by atoms with Gasteiger partial charge in [-0.3, -0.25) is 19.5 Å². The van der Waals surface area contributed by atoms with Crippen LogP contribution in [0.3, 0.4) is 0 Å². The molecule has 0 fully saturated rings. The summed E-state index contributed by atoms with van der Waals surface area (Å²) in [5, 5.41) is 5.66. The number of carbonyl (C=O) groups is 2. The highest BCUT2D eigenvalue weighted by Crippen LogP contribution is 2.23. The van der Waals surface area contributed by atoms with E-state index in [2.05, 4.69) is 31.5 Å². The summed E-state index contributed by atoms with van der Waals surface area (Å²) in [4.78, 5) is 42.6. The third-order valence-corrected chi connectivity index (χ3v) is 6.16. The monoisotopic (exact) mass is 538 g/mol. The summed E-state index contributed by atoms with van der Waals surface area (Å²) in [5.41, 5.74) is 1.37. The van der Waals surface area contributed by atoms with E-state index in [1.165, 1.54) is 11.7 Å². The second-order valence-electron chi connectivity index (χ2n) is 7.05. The Hall–Kier alpha value is -3.63. The third-order valence-electron chi connectivity index (χ3n) is 4.73. The number of carbonyl (C=O) groups excluding carboxylic acids is 2. The normalized spacial score (nSPS) is 10.6. The van der Waals surface area contributed by atoms with E-state index in [1.54, 1.807) is 54.6 Å². The number of methoxy groups -OCH3 is 1. The number of aromatic nitrogens is 2. The van der Waals surface area contributed by atoms with Crippen molar-refractivity contribution in [2.75, 3.05) is 18.2 Å². The molecule has 10 heteroatoms. The molecule has 3 amide bonds. The smallest absolute Gasteiger partial charge is 0.325 e. The van der Waals surface area contributed by atoms with Crippen molar-refractivity contribution in [3.63, 3.8) is 0 Å². The fraction of sp³-hybridized carbons (Fsp3) is 0.0833. The molecule has 1 aromatic heterocycles. The van der Waals surface area contributed by atoms with Crippen molar-refractivity contribution >= 4 is 56.2 Å². The van der Waals surface area contributed by atoms with Crippen LogP contribution < -0.4 is 20.9 Å². The van der Waals surface area contributed by atoms with Gasteiger partial charge < -0.3 is 10.1 Å². The van der Waals surface area contributed by atoms with Crippen LogP contribution in [0.15, 0.2) is 87.2 Å². The number of anilines is 1. The zero-order valence-electron chi connectivity index (χ0n) is 17.9. The molecule has 172 valence electrons. The van der Waals surface area contributed by atoms with E-state index in [0.29, 0.717) is 33.2 Å². The van der Waals surface area contributed by atoms with E-state index in [4.69, 9.17) is 4.74 Å². The molecule has 0 aliphatic heterocycles. The van der Waals surface area contributed by atoms with Crippen molar-refractivity contribution in [2.45, 2.75) is 5.16 Å². The molecule has 34 heavy (non-hydrogen) atoms. The molecule has 0 spiro atoms. The molecular weight excluding hydrogens is 520 g/mol. The number of rotatable bonds is 6. The van der Waals surface area contributed by atoms with E-state index in [0.717, 1.165) is 16.2 Å². The van der Waals surface area contributed by atoms with Crippen LogP contribution in [0.4, 0.5) is 10.5 Å². The highest BCUT2D eigenvalue weighted by atomic mass is 79.9. The van der Waals surface area contributed by atoms with E-state index in [9.17, 15) is 14.4 Å². The topological polar surface area (TPSA) is 102 Å². The first-order valence-corrected chi connectivity index (χ1v) is 11.9. The second kappa shape index (κ2) is 10.5. The van der Waals surface area contributed by atoms with Crippen LogP contribution in [0.2, 0.25) is 0 Å². The number of hydrogen-bond donors (Lipinski definition) is 2. The number of imide groups is 1. The predicted molar refractivity (Wildman–Crippen MR) is 136 cm³/mol. The van der Waals surface area contributed by atoms with Crippen LogP contribution in [0.1, 0.15) is 0 Å². The second-order valence-corrected chi connectivity index (χ2v) is 8.91. The lowest BCUT2D eigenvalue weighted by atomic mass is 10.2. The van der Waals surface area contributed by atoms with Crippen LogP contribution >= 0.6 is 27.7 Å². The lowest BCUT2D eigenvalue weighted by Gasteiger charge is -2.13. The number of ether oxygens (including phenoxy) is 1. The molecule has 3 aromatic carbocycles. The average molecular weight is 539 g/mol. The number of hydrogen-bond acceptors (Lipinski definition) is 6. The summed E-state index contributed by atoms with van der Waals surface area (Å²) in [6, 6.07) is 20.4.